The minimum atomic E-state index is 0.00705. The molecule has 2 N–H and O–H groups in total. The molecule has 2 aromatic carbocycles. The molecule has 0 aliphatic heterocycles. The van der Waals surface area contributed by atoms with E-state index in [4.69, 9.17) is 10.5 Å². The molecule has 0 radical (unpaired) electrons. The van der Waals surface area contributed by atoms with Crippen LogP contribution in [0.1, 0.15) is 22.7 Å². The number of aryl methyl sites for hydroxylation is 1. The summed E-state index contributed by atoms with van der Waals surface area (Å²) in [5, 5.41) is 3.55. The molecule has 0 aliphatic carbocycles. The first kappa shape index (κ1) is 14.1. The van der Waals surface area contributed by atoms with Gasteiger partial charge in [0.15, 0.2) is 0 Å². The molecule has 3 heteroatoms. The zero-order valence-corrected chi connectivity index (χ0v) is 13.1. The minimum Gasteiger partial charge on any atom is -0.496 e. The molecule has 1 unspecified atom stereocenters. The second kappa shape index (κ2) is 5.88. The summed E-state index contributed by atoms with van der Waals surface area (Å²) in [7, 11) is 1.69. The third kappa shape index (κ3) is 2.80. The highest BCUT2D eigenvalue weighted by atomic mass is 32.1. The standard InChI is InChI=1S/C18H19NOS/c1-12-9-13(7-8-17(12)20-2)16(19)10-14-11-21-18-6-4-3-5-15(14)18/h3-9,11,16H,10,19H2,1-2H3. The summed E-state index contributed by atoms with van der Waals surface area (Å²) in [6.45, 7) is 2.05. The van der Waals surface area contributed by atoms with Gasteiger partial charge in [0.05, 0.1) is 7.11 Å². The van der Waals surface area contributed by atoms with E-state index in [9.17, 15) is 0 Å². The molecule has 0 bridgehead atoms. The molecule has 108 valence electrons. The fraction of sp³-hybridized carbons (Fsp3) is 0.222. The fourth-order valence-electron chi connectivity index (χ4n) is 2.68. The van der Waals surface area contributed by atoms with Crippen LogP contribution >= 0.6 is 11.3 Å². The van der Waals surface area contributed by atoms with Crippen molar-refractivity contribution in [3.63, 3.8) is 0 Å². The smallest absolute Gasteiger partial charge is 0.121 e. The van der Waals surface area contributed by atoms with E-state index in [0.717, 1.165) is 23.3 Å². The Kier molecular flexibility index (Phi) is 3.95. The first-order valence-electron chi connectivity index (χ1n) is 7.04. The van der Waals surface area contributed by atoms with E-state index < -0.39 is 0 Å². The Morgan fingerprint density at radius 1 is 1.19 bits per heavy atom. The molecule has 1 aromatic heterocycles. The number of hydrogen-bond acceptors (Lipinski definition) is 3. The second-order valence-corrected chi connectivity index (χ2v) is 6.21. The number of benzene rings is 2. The molecular formula is C18H19NOS. The van der Waals surface area contributed by atoms with Crippen molar-refractivity contribution in [2.75, 3.05) is 7.11 Å². The number of fused-ring (bicyclic) bond motifs is 1. The van der Waals surface area contributed by atoms with Gasteiger partial charge >= 0.3 is 0 Å². The molecule has 3 aromatic rings. The second-order valence-electron chi connectivity index (χ2n) is 5.30. The first-order valence-corrected chi connectivity index (χ1v) is 7.92. The fourth-order valence-corrected chi connectivity index (χ4v) is 3.65. The van der Waals surface area contributed by atoms with Gasteiger partial charge in [0.2, 0.25) is 0 Å². The Balaban J connectivity index is 1.86. The largest absolute Gasteiger partial charge is 0.496 e. The van der Waals surface area contributed by atoms with Crippen molar-refractivity contribution < 1.29 is 4.74 Å². The summed E-state index contributed by atoms with van der Waals surface area (Å²) in [5.74, 6) is 0.909. The Morgan fingerprint density at radius 2 is 2.00 bits per heavy atom. The van der Waals surface area contributed by atoms with E-state index in [1.807, 2.05) is 6.07 Å². The SMILES string of the molecule is COc1ccc(C(N)Cc2csc3ccccc23)cc1C. The molecule has 0 saturated heterocycles. The molecule has 1 heterocycles. The maximum atomic E-state index is 6.40. The lowest BCUT2D eigenvalue weighted by Crippen LogP contribution is -2.13. The number of rotatable bonds is 4. The minimum absolute atomic E-state index is 0.00705. The van der Waals surface area contributed by atoms with Crippen LogP contribution in [0.4, 0.5) is 0 Å². The predicted octanol–water partition coefficient (Wildman–Crippen LogP) is 4.46. The lowest BCUT2D eigenvalue weighted by atomic mass is 9.98. The van der Waals surface area contributed by atoms with Gasteiger partial charge in [-0.25, -0.2) is 0 Å². The highest BCUT2D eigenvalue weighted by Crippen LogP contribution is 2.29. The summed E-state index contributed by atoms with van der Waals surface area (Å²) in [4.78, 5) is 0. The molecule has 2 nitrogen and oxygen atoms in total. The van der Waals surface area contributed by atoms with Crippen molar-refractivity contribution in [2.24, 2.45) is 5.73 Å². The third-order valence-electron chi connectivity index (χ3n) is 3.85. The Bertz CT molecular complexity index is 763. The van der Waals surface area contributed by atoms with Gasteiger partial charge in [-0.3, -0.25) is 0 Å². The molecule has 0 amide bonds. The van der Waals surface area contributed by atoms with E-state index in [2.05, 4.69) is 48.7 Å². The lowest BCUT2D eigenvalue weighted by molar-refractivity contribution is 0.411. The van der Waals surface area contributed by atoms with E-state index in [-0.39, 0.29) is 6.04 Å². The summed E-state index contributed by atoms with van der Waals surface area (Å²) in [5.41, 5.74) is 10.0. The van der Waals surface area contributed by atoms with Gasteiger partial charge in [0.1, 0.15) is 5.75 Å². The van der Waals surface area contributed by atoms with Gasteiger partial charge in [-0.1, -0.05) is 30.3 Å². The predicted molar refractivity (Wildman–Crippen MR) is 90.2 cm³/mol. The summed E-state index contributed by atoms with van der Waals surface area (Å²) < 4.78 is 6.63. The number of hydrogen-bond donors (Lipinski definition) is 1. The zero-order chi connectivity index (χ0) is 14.8. The van der Waals surface area contributed by atoms with Crippen molar-refractivity contribution >= 4 is 21.4 Å². The van der Waals surface area contributed by atoms with Crippen LogP contribution in [0.15, 0.2) is 47.8 Å². The molecule has 3 rings (SSSR count). The lowest BCUT2D eigenvalue weighted by Gasteiger charge is -2.14. The Hall–Kier alpha value is -1.84. The van der Waals surface area contributed by atoms with Crippen molar-refractivity contribution in [2.45, 2.75) is 19.4 Å². The molecule has 0 saturated carbocycles. The maximum Gasteiger partial charge on any atom is 0.121 e. The first-order chi connectivity index (χ1) is 10.2. The van der Waals surface area contributed by atoms with Gasteiger partial charge in [-0.05, 0) is 52.9 Å². The number of ether oxygens (including phenoxy) is 1. The van der Waals surface area contributed by atoms with Crippen LogP contribution in [-0.2, 0) is 6.42 Å². The van der Waals surface area contributed by atoms with E-state index in [1.54, 1.807) is 18.4 Å². The Morgan fingerprint density at radius 3 is 2.76 bits per heavy atom. The zero-order valence-electron chi connectivity index (χ0n) is 12.3. The normalized spacial score (nSPS) is 12.5. The number of methoxy groups -OCH3 is 1. The molecule has 1 atom stereocenters. The van der Waals surface area contributed by atoms with E-state index in [1.165, 1.54) is 15.6 Å². The molecular weight excluding hydrogens is 278 g/mol. The highest BCUT2D eigenvalue weighted by Gasteiger charge is 2.12. The van der Waals surface area contributed by atoms with Crippen LogP contribution in [0, 0.1) is 6.92 Å². The quantitative estimate of drug-likeness (QED) is 0.771. The highest BCUT2D eigenvalue weighted by molar-refractivity contribution is 7.17. The maximum absolute atomic E-state index is 6.40. The number of thiophene rings is 1. The van der Waals surface area contributed by atoms with Crippen LogP contribution < -0.4 is 10.5 Å². The average Bonchev–Trinajstić information content (AvgIpc) is 2.90. The third-order valence-corrected chi connectivity index (χ3v) is 4.86. The molecule has 0 aliphatic rings. The molecule has 0 spiro atoms. The van der Waals surface area contributed by atoms with Gasteiger partial charge in [-0.2, -0.15) is 0 Å². The van der Waals surface area contributed by atoms with E-state index >= 15 is 0 Å². The van der Waals surface area contributed by atoms with Crippen LogP contribution in [0.2, 0.25) is 0 Å². The van der Waals surface area contributed by atoms with Crippen molar-refractivity contribution in [1.29, 1.82) is 0 Å². The van der Waals surface area contributed by atoms with Crippen LogP contribution in [0.5, 0.6) is 5.75 Å². The molecule has 21 heavy (non-hydrogen) atoms. The molecule has 0 fully saturated rings. The summed E-state index contributed by atoms with van der Waals surface area (Å²) >= 11 is 1.78. The average molecular weight is 297 g/mol. The van der Waals surface area contributed by atoms with Gasteiger partial charge in [0, 0.05) is 10.7 Å². The Labute approximate surface area is 129 Å². The summed E-state index contributed by atoms with van der Waals surface area (Å²) in [6.07, 6.45) is 0.857. The van der Waals surface area contributed by atoms with E-state index in [0.29, 0.717) is 0 Å². The van der Waals surface area contributed by atoms with Crippen molar-refractivity contribution in [1.82, 2.24) is 0 Å². The van der Waals surface area contributed by atoms with Crippen molar-refractivity contribution in [3.05, 3.63) is 64.5 Å². The van der Waals surface area contributed by atoms with Crippen LogP contribution in [0.25, 0.3) is 10.1 Å². The monoisotopic (exact) mass is 297 g/mol. The van der Waals surface area contributed by atoms with Gasteiger partial charge in [0.25, 0.3) is 0 Å². The van der Waals surface area contributed by atoms with Crippen molar-refractivity contribution in [3.8, 4) is 5.75 Å². The number of nitrogens with two attached hydrogens (primary N) is 1. The van der Waals surface area contributed by atoms with Gasteiger partial charge in [-0.15, -0.1) is 11.3 Å². The van der Waals surface area contributed by atoms with Gasteiger partial charge < -0.3 is 10.5 Å². The van der Waals surface area contributed by atoms with Crippen LogP contribution in [0.3, 0.4) is 0 Å². The topological polar surface area (TPSA) is 35.2 Å². The van der Waals surface area contributed by atoms with Crippen LogP contribution in [-0.4, -0.2) is 7.11 Å². The summed E-state index contributed by atoms with van der Waals surface area (Å²) in [6, 6.07) is 14.7.